The topological polar surface area (TPSA) is 352 Å². The van der Waals surface area contributed by atoms with Crippen LogP contribution < -0.4 is 43.8 Å². The molecule has 0 saturated carbocycles. The SMILES string of the molecule is C=C(N(C)C)N(C)C.C=CCOC(=O)NC1CS[C@@H]2c3c(OC(C)=O)c(C)c4c(c3[C@H](COC1=O)N1C2[C@H]2c3c(cc(C)c(OC)c3OCOC)C[C@@H]([C@@H]1C#N)N2C)OCO4.C=CCOC(=O)N[C@H](CSCC1c2ccccc2-c2ccccc21)C(=O)OC[C@H]1C2=C3OCOC3=C(C)C(=O)C2(O)CC2[C@H]3c4c(cc(C)c(OC)c4OCOC)C[C@@H]([C@H](C#N)N21)N3C. The molecule has 2 aliphatic carbocycles. The molecule has 670 valence electrons. The van der Waals surface area contributed by atoms with Gasteiger partial charge in [-0.25, -0.2) is 19.2 Å². The highest BCUT2D eigenvalue weighted by molar-refractivity contribution is 7.99. The molecule has 6 bridgehead atoms. The van der Waals surface area contributed by atoms with Gasteiger partial charge in [-0.05, 0) is 99.1 Å². The fraction of sp³-hybridized carbons (Fsp3) is 0.478. The van der Waals surface area contributed by atoms with Gasteiger partial charge in [0.25, 0.3) is 0 Å². The number of fused-ring (bicyclic) bond motifs is 21. The molecule has 0 spiro atoms. The first-order valence-corrected chi connectivity index (χ1v) is 43.7. The fourth-order valence-corrected chi connectivity index (χ4v) is 22.7. The molecule has 5 saturated heterocycles. The quantitative estimate of drug-likeness (QED) is 0.0170. The second-order valence-corrected chi connectivity index (χ2v) is 35.1. The van der Waals surface area contributed by atoms with Crippen LogP contribution in [0.4, 0.5) is 9.59 Å². The Morgan fingerprint density at radius 1 is 0.706 bits per heavy atom. The summed E-state index contributed by atoms with van der Waals surface area (Å²) >= 11 is 2.87. The molecule has 10 aliphatic heterocycles. The van der Waals surface area contributed by atoms with Crippen molar-refractivity contribution in [1.29, 1.82) is 10.5 Å². The van der Waals surface area contributed by atoms with Crippen molar-refractivity contribution in [3.63, 3.8) is 0 Å². The van der Waals surface area contributed by atoms with Crippen molar-refractivity contribution in [2.75, 3.05) is 142 Å². The first-order chi connectivity index (χ1) is 60.6. The number of nitriles is 2. The molecule has 126 heavy (non-hydrogen) atoms. The van der Waals surface area contributed by atoms with E-state index in [2.05, 4.69) is 87.5 Å². The lowest BCUT2D eigenvalue weighted by molar-refractivity contribution is -0.159. The van der Waals surface area contributed by atoms with Crippen molar-refractivity contribution in [1.82, 2.24) is 40.0 Å². The van der Waals surface area contributed by atoms with E-state index in [4.69, 9.17) is 71.1 Å². The van der Waals surface area contributed by atoms with Gasteiger partial charge in [0.2, 0.25) is 13.6 Å². The number of piperidine rings is 1. The van der Waals surface area contributed by atoms with Crippen molar-refractivity contribution in [3.8, 4) is 63.5 Å². The van der Waals surface area contributed by atoms with Crippen molar-refractivity contribution < 1.29 is 105 Å². The van der Waals surface area contributed by atoms with Crippen LogP contribution in [0.25, 0.3) is 11.1 Å². The van der Waals surface area contributed by atoms with E-state index in [0.29, 0.717) is 75.5 Å². The van der Waals surface area contributed by atoms with Gasteiger partial charge in [-0.2, -0.15) is 22.3 Å². The Morgan fingerprint density at radius 3 is 1.83 bits per heavy atom. The summed E-state index contributed by atoms with van der Waals surface area (Å²) in [5, 5.41) is 40.0. The second kappa shape index (κ2) is 38.2. The van der Waals surface area contributed by atoms with E-state index >= 15 is 0 Å². The summed E-state index contributed by atoms with van der Waals surface area (Å²) in [6, 6.07) is 17.4. The van der Waals surface area contributed by atoms with E-state index in [9.17, 15) is 44.4 Å². The Bertz CT molecular complexity index is 5240. The van der Waals surface area contributed by atoms with Gasteiger partial charge in [0.1, 0.15) is 56.3 Å². The number of nitrogens with zero attached hydrogens (tertiary/aromatic N) is 8. The van der Waals surface area contributed by atoms with Crippen molar-refractivity contribution in [2.24, 2.45) is 0 Å². The summed E-state index contributed by atoms with van der Waals surface area (Å²) < 4.78 is 87.9. The number of ketones is 1. The number of carbonyl (C=O) groups excluding carboxylic acids is 6. The van der Waals surface area contributed by atoms with Gasteiger partial charge in [-0.15, -0.1) is 11.8 Å². The molecular formula is C92H108N10O22S2. The minimum atomic E-state index is -2.14. The lowest BCUT2D eigenvalue weighted by Crippen LogP contribution is -2.74. The molecule has 5 aromatic rings. The molecule has 5 fully saturated rings. The first kappa shape index (κ1) is 91.0. The first-order valence-electron chi connectivity index (χ1n) is 41.5. The number of nitrogens with one attached hydrogen (secondary N) is 2. The Labute approximate surface area is 741 Å². The third kappa shape index (κ3) is 16.5. The molecule has 12 aliphatic rings. The molecule has 17 rings (SSSR count). The zero-order valence-electron chi connectivity index (χ0n) is 73.4. The number of hydrogen-bond donors (Lipinski definition) is 3. The van der Waals surface area contributed by atoms with Crippen LogP contribution in [0.3, 0.4) is 0 Å². The Morgan fingerprint density at radius 2 is 1.26 bits per heavy atom. The van der Waals surface area contributed by atoms with Gasteiger partial charge in [-0.1, -0.05) is 92.6 Å². The largest absolute Gasteiger partial charge is 0.493 e. The summed E-state index contributed by atoms with van der Waals surface area (Å²) in [4.78, 5) is 93.8. The number of esters is 3. The van der Waals surface area contributed by atoms with E-state index in [1.165, 1.54) is 72.0 Å². The summed E-state index contributed by atoms with van der Waals surface area (Å²) in [7, 11) is 18.1. The van der Waals surface area contributed by atoms with Crippen LogP contribution in [0.1, 0.15) is 111 Å². The highest BCUT2D eigenvalue weighted by Crippen LogP contribution is 2.65. The van der Waals surface area contributed by atoms with Crippen molar-refractivity contribution in [3.05, 3.63) is 182 Å². The molecule has 10 heterocycles. The Kier molecular flexibility index (Phi) is 27.6. The number of amides is 2. The monoisotopic (exact) mass is 1770 g/mol. The summed E-state index contributed by atoms with van der Waals surface area (Å²) in [6.07, 6.45) is 2.07. The standard InChI is InChI=1S/C49H52N4O11S.C37H42N4O11S.C6H14N2/c1-7-16-60-48(56)51-34(23-65-22-33-31-14-10-8-12-29(31)30-13-9-11-15-32(30)33)47(55)61-21-38-40-45-43(63-25-64-45)27(3)46(54)49(40,57)19-36-41-39-28(18-35(52(41)4)37(20-50)53(36)38)17-26(2)42(59-6)44(39)62-24-58-5;1-8-9-47-37(44)39-21-14-53-35-27-26(34-32(50-16-51-34)18(3)31(27)52-19(4)42)24(13-48-36(21)43)41-23(12-38)22-11-20-10-17(2)30(46-7)33(49-15-45-6)25(20)28(29(35)41)40(22)5;1-6(7(2)3)8(4)5/h7-15,17,33-38,41,57H,1,16,18-19,21-25H2,2-6H3,(H,51,56);8,10,21-24,28-29,35H,1,9,11,13-16H2,2-7H3,(H,39,44);1H2,2-5H3/t34-,35+,36?,37+,38+,41+,49?;21?,22-,23-,24-,28+,29?,35+;/m10./s1. The molecule has 14 atom stereocenters. The average molecular weight is 1770 g/mol. The van der Waals surface area contributed by atoms with Crippen LogP contribution in [0.2, 0.25) is 0 Å². The van der Waals surface area contributed by atoms with E-state index in [1.54, 1.807) is 28.3 Å². The number of hydrogen-bond acceptors (Lipinski definition) is 32. The molecule has 32 nitrogen and oxygen atoms in total. The number of Topliss-reactive ketones (excluding diaryl/α,β-unsaturated/α-hetero) is 1. The number of aliphatic hydroxyl groups is 1. The number of alkyl carbamates (subject to hydrolysis) is 2. The number of thioether (sulfide) groups is 2. The highest BCUT2D eigenvalue weighted by atomic mass is 32.2. The second-order valence-electron chi connectivity index (χ2n) is 32.8. The molecule has 3 N–H and O–H groups in total. The smallest absolute Gasteiger partial charge is 0.408 e. The summed E-state index contributed by atoms with van der Waals surface area (Å²) in [6.45, 7) is 18.5. The predicted octanol–water partition coefficient (Wildman–Crippen LogP) is 9.82. The zero-order chi connectivity index (χ0) is 90.2. The maximum atomic E-state index is 14.6. The van der Waals surface area contributed by atoms with Crippen LogP contribution in [0.15, 0.2) is 121 Å². The number of carbonyl (C=O) groups is 6. The van der Waals surface area contributed by atoms with Crippen LogP contribution in [0.5, 0.6) is 40.2 Å². The molecule has 2 amide bonds. The zero-order valence-corrected chi connectivity index (χ0v) is 75.1. The van der Waals surface area contributed by atoms with Gasteiger partial charge in [-0.3, -0.25) is 29.2 Å². The molecule has 5 aromatic carbocycles. The fourth-order valence-electron chi connectivity index (χ4n) is 20.0. The van der Waals surface area contributed by atoms with Gasteiger partial charge < -0.3 is 96.6 Å². The number of methoxy groups -OCH3 is 4. The minimum Gasteiger partial charge on any atom is -0.493 e. The maximum absolute atomic E-state index is 14.6. The number of aryl methyl sites for hydroxylation is 2. The van der Waals surface area contributed by atoms with Gasteiger partial charge in [0, 0.05) is 142 Å². The van der Waals surface area contributed by atoms with E-state index < -0.39 is 114 Å². The summed E-state index contributed by atoms with van der Waals surface area (Å²) in [5.74, 6) is 2.97. The van der Waals surface area contributed by atoms with E-state index in [0.717, 1.165) is 39.2 Å². The molecule has 4 unspecified atom stereocenters. The number of piperazine rings is 2. The number of rotatable bonds is 24. The summed E-state index contributed by atoms with van der Waals surface area (Å²) in [5.41, 5.74) is 10.1. The van der Waals surface area contributed by atoms with Gasteiger partial charge in [0.05, 0.1) is 61.6 Å². The number of ether oxygens (including phenoxy) is 15. The normalized spacial score (nSPS) is 25.1. The lowest BCUT2D eigenvalue weighted by Gasteiger charge is -2.62. The van der Waals surface area contributed by atoms with Gasteiger partial charge >= 0.3 is 30.1 Å². The third-order valence-corrected chi connectivity index (χ3v) is 27.9. The van der Waals surface area contributed by atoms with Crippen LogP contribution in [-0.2, 0) is 69.9 Å². The predicted molar refractivity (Wildman–Crippen MR) is 465 cm³/mol. The molecule has 34 heteroatoms. The highest BCUT2D eigenvalue weighted by Gasteiger charge is 2.66. The lowest BCUT2D eigenvalue weighted by atomic mass is 9.65. The van der Waals surface area contributed by atoms with E-state index in [-0.39, 0.29) is 106 Å². The Hall–Kier alpha value is -11.2. The van der Waals surface area contributed by atoms with Gasteiger partial charge in [0.15, 0.2) is 71.0 Å². The number of likely N-dealkylation sites (N-methyl/N-ethyl adjacent to an activating group) is 2. The number of benzene rings is 5. The molecule has 0 radical (unpaired) electrons. The molecular weight excluding hydrogens is 1660 g/mol. The van der Waals surface area contributed by atoms with Crippen LogP contribution >= 0.6 is 23.5 Å². The average Bonchev–Trinajstić information content (AvgIpc) is 0.938. The minimum absolute atomic E-state index is 0.0323. The third-order valence-electron chi connectivity index (χ3n) is 25.3. The van der Waals surface area contributed by atoms with Crippen LogP contribution in [0, 0.1) is 43.4 Å². The van der Waals surface area contributed by atoms with E-state index in [1.807, 2.05) is 108 Å². The molecule has 0 aromatic heterocycles. The van der Waals surface area contributed by atoms with Crippen LogP contribution in [-0.4, -0.2) is 272 Å². The van der Waals surface area contributed by atoms with Crippen molar-refractivity contribution >= 4 is 59.4 Å². The Balaban J connectivity index is 0.000000191. The maximum Gasteiger partial charge on any atom is 0.408 e. The van der Waals surface area contributed by atoms with Crippen molar-refractivity contribution in [2.45, 2.75) is 143 Å².